The monoisotopic (exact) mass is 235 g/mol. The normalized spacial score (nSPS) is 11.9. The second kappa shape index (κ2) is 5.51. The molecule has 0 radical (unpaired) electrons. The average molecular weight is 235 g/mol. The van der Waals surface area contributed by atoms with Crippen molar-refractivity contribution in [1.82, 2.24) is 9.88 Å². The fourth-order valence-corrected chi connectivity index (χ4v) is 1.57. The highest BCUT2D eigenvalue weighted by atomic mass is 16.5. The van der Waals surface area contributed by atoms with Crippen LogP contribution in [-0.2, 0) is 23.1 Å². The Kier molecular flexibility index (Phi) is 4.30. The van der Waals surface area contributed by atoms with Gasteiger partial charge in [0.05, 0.1) is 7.11 Å². The maximum absolute atomic E-state index is 11.2. The van der Waals surface area contributed by atoms with Crippen LogP contribution in [0.15, 0.2) is 6.07 Å². The first-order chi connectivity index (χ1) is 8.01. The average Bonchev–Trinajstić information content (AvgIpc) is 2.62. The predicted octanol–water partition coefficient (Wildman–Crippen LogP) is 0.856. The van der Waals surface area contributed by atoms with Crippen molar-refractivity contribution in [3.8, 4) is 6.07 Å². The third-order valence-electron chi connectivity index (χ3n) is 2.91. The Hall–Kier alpha value is -1.80. The Morgan fingerprint density at radius 2 is 2.35 bits per heavy atom. The summed E-state index contributed by atoms with van der Waals surface area (Å²) in [5, 5.41) is 12.0. The van der Waals surface area contributed by atoms with Gasteiger partial charge < -0.3 is 14.6 Å². The molecule has 0 aliphatic carbocycles. The summed E-state index contributed by atoms with van der Waals surface area (Å²) in [5.74, 6) is -0.293. The SMILES string of the molecule is COC(=O)C(C)NCc1cc(C#N)n(C)c1C. The van der Waals surface area contributed by atoms with E-state index in [0.717, 1.165) is 11.3 Å². The van der Waals surface area contributed by atoms with Gasteiger partial charge in [0.1, 0.15) is 17.8 Å². The highest BCUT2D eigenvalue weighted by molar-refractivity contribution is 5.75. The lowest BCUT2D eigenvalue weighted by molar-refractivity contribution is -0.142. The Labute approximate surface area is 101 Å². The van der Waals surface area contributed by atoms with Crippen molar-refractivity contribution in [2.75, 3.05) is 7.11 Å². The molecule has 1 heterocycles. The molecule has 5 nitrogen and oxygen atoms in total. The molecule has 0 aliphatic heterocycles. The molecule has 92 valence electrons. The second-order valence-corrected chi connectivity index (χ2v) is 3.94. The molecule has 0 fully saturated rings. The molecule has 0 aromatic carbocycles. The number of hydrogen-bond donors (Lipinski definition) is 1. The van der Waals surface area contributed by atoms with Gasteiger partial charge in [-0.15, -0.1) is 0 Å². The number of nitrogens with one attached hydrogen (secondary N) is 1. The zero-order valence-electron chi connectivity index (χ0n) is 10.6. The molecule has 1 aromatic heterocycles. The quantitative estimate of drug-likeness (QED) is 0.786. The van der Waals surface area contributed by atoms with E-state index in [1.807, 2.05) is 24.6 Å². The smallest absolute Gasteiger partial charge is 0.322 e. The van der Waals surface area contributed by atoms with Gasteiger partial charge in [-0.1, -0.05) is 0 Å². The number of nitriles is 1. The zero-order valence-corrected chi connectivity index (χ0v) is 10.6. The Morgan fingerprint density at radius 3 is 2.82 bits per heavy atom. The highest BCUT2D eigenvalue weighted by Gasteiger charge is 2.14. The van der Waals surface area contributed by atoms with E-state index in [-0.39, 0.29) is 12.0 Å². The number of rotatable bonds is 4. The number of aromatic nitrogens is 1. The summed E-state index contributed by atoms with van der Waals surface area (Å²) < 4.78 is 6.45. The van der Waals surface area contributed by atoms with Crippen molar-refractivity contribution in [1.29, 1.82) is 5.26 Å². The van der Waals surface area contributed by atoms with E-state index in [0.29, 0.717) is 12.2 Å². The van der Waals surface area contributed by atoms with Crippen molar-refractivity contribution in [3.63, 3.8) is 0 Å². The third kappa shape index (κ3) is 2.86. The number of hydrogen-bond acceptors (Lipinski definition) is 4. The molecule has 0 bridgehead atoms. The lowest BCUT2D eigenvalue weighted by Gasteiger charge is -2.11. The first-order valence-electron chi connectivity index (χ1n) is 5.37. The number of methoxy groups -OCH3 is 1. The van der Waals surface area contributed by atoms with E-state index in [1.165, 1.54) is 7.11 Å². The van der Waals surface area contributed by atoms with Crippen molar-refractivity contribution in [3.05, 3.63) is 23.0 Å². The molecule has 1 rings (SSSR count). The van der Waals surface area contributed by atoms with Crippen LogP contribution >= 0.6 is 0 Å². The van der Waals surface area contributed by atoms with Crippen LogP contribution in [0.5, 0.6) is 0 Å². The molecule has 1 atom stereocenters. The van der Waals surface area contributed by atoms with Gasteiger partial charge in [-0.3, -0.25) is 4.79 Å². The lowest BCUT2D eigenvalue weighted by atomic mass is 10.2. The van der Waals surface area contributed by atoms with Crippen LogP contribution in [-0.4, -0.2) is 23.7 Å². The summed E-state index contributed by atoms with van der Waals surface area (Å²) in [4.78, 5) is 11.2. The molecule has 0 saturated heterocycles. The number of ether oxygens (including phenoxy) is 1. The molecule has 1 unspecified atom stereocenters. The Morgan fingerprint density at radius 1 is 1.71 bits per heavy atom. The molecule has 1 N–H and O–H groups in total. The minimum absolute atomic E-state index is 0.293. The van der Waals surface area contributed by atoms with E-state index in [9.17, 15) is 4.79 Å². The molecule has 0 saturated carbocycles. The van der Waals surface area contributed by atoms with Gasteiger partial charge in [0.15, 0.2) is 0 Å². The van der Waals surface area contributed by atoms with Crippen molar-refractivity contribution < 1.29 is 9.53 Å². The van der Waals surface area contributed by atoms with E-state index >= 15 is 0 Å². The molecular formula is C12H17N3O2. The van der Waals surface area contributed by atoms with Crippen LogP contribution in [0.2, 0.25) is 0 Å². The Bertz CT molecular complexity index is 457. The predicted molar refractivity (Wildman–Crippen MR) is 63.2 cm³/mol. The van der Waals surface area contributed by atoms with Crippen LogP contribution in [0.1, 0.15) is 23.9 Å². The largest absolute Gasteiger partial charge is 0.468 e. The van der Waals surface area contributed by atoms with Gasteiger partial charge in [-0.05, 0) is 25.5 Å². The van der Waals surface area contributed by atoms with Crippen molar-refractivity contribution in [2.45, 2.75) is 26.4 Å². The van der Waals surface area contributed by atoms with E-state index in [4.69, 9.17) is 5.26 Å². The topological polar surface area (TPSA) is 67.0 Å². The van der Waals surface area contributed by atoms with Gasteiger partial charge in [0.25, 0.3) is 0 Å². The number of carbonyl (C=O) groups is 1. The van der Waals surface area contributed by atoms with Crippen LogP contribution in [0, 0.1) is 18.3 Å². The standard InChI is InChI=1S/C12H17N3O2/c1-8(12(16)17-4)14-7-10-5-11(6-13)15(3)9(10)2/h5,8,14H,7H2,1-4H3. The van der Waals surface area contributed by atoms with E-state index in [1.54, 1.807) is 6.92 Å². The van der Waals surface area contributed by atoms with Crippen LogP contribution in [0.4, 0.5) is 0 Å². The van der Waals surface area contributed by atoms with Crippen LogP contribution < -0.4 is 5.32 Å². The second-order valence-electron chi connectivity index (χ2n) is 3.94. The summed E-state index contributed by atoms with van der Waals surface area (Å²) in [6.07, 6.45) is 0. The van der Waals surface area contributed by atoms with Crippen LogP contribution in [0.25, 0.3) is 0 Å². The minimum Gasteiger partial charge on any atom is -0.468 e. The molecule has 1 aromatic rings. The fourth-order valence-electron chi connectivity index (χ4n) is 1.57. The number of nitrogens with zero attached hydrogens (tertiary/aromatic N) is 2. The van der Waals surface area contributed by atoms with E-state index in [2.05, 4.69) is 16.1 Å². The first-order valence-corrected chi connectivity index (χ1v) is 5.37. The van der Waals surface area contributed by atoms with Gasteiger partial charge >= 0.3 is 5.97 Å². The summed E-state index contributed by atoms with van der Waals surface area (Å²) in [5.41, 5.74) is 2.65. The molecular weight excluding hydrogens is 218 g/mol. The summed E-state index contributed by atoms with van der Waals surface area (Å²) in [6, 6.07) is 3.59. The van der Waals surface area contributed by atoms with Crippen LogP contribution in [0.3, 0.4) is 0 Å². The third-order valence-corrected chi connectivity index (χ3v) is 2.91. The summed E-state index contributed by atoms with van der Waals surface area (Å²) in [6.45, 7) is 4.23. The summed E-state index contributed by atoms with van der Waals surface area (Å²) >= 11 is 0. The number of esters is 1. The van der Waals surface area contributed by atoms with Crippen molar-refractivity contribution >= 4 is 5.97 Å². The van der Waals surface area contributed by atoms with E-state index < -0.39 is 0 Å². The first kappa shape index (κ1) is 13.3. The van der Waals surface area contributed by atoms with Gasteiger partial charge in [-0.25, -0.2) is 0 Å². The lowest BCUT2D eigenvalue weighted by Crippen LogP contribution is -2.34. The zero-order chi connectivity index (χ0) is 13.0. The molecule has 5 heteroatoms. The van der Waals surface area contributed by atoms with Crippen molar-refractivity contribution in [2.24, 2.45) is 7.05 Å². The van der Waals surface area contributed by atoms with Gasteiger partial charge in [0, 0.05) is 19.3 Å². The number of carbonyl (C=O) groups excluding carboxylic acids is 1. The molecule has 0 amide bonds. The molecule has 0 aliphatic rings. The Balaban J connectivity index is 2.71. The summed E-state index contributed by atoms with van der Waals surface area (Å²) in [7, 11) is 3.21. The maximum atomic E-state index is 11.2. The van der Waals surface area contributed by atoms with Gasteiger partial charge in [-0.2, -0.15) is 5.26 Å². The fraction of sp³-hybridized carbons (Fsp3) is 0.500. The molecule has 0 spiro atoms. The highest BCUT2D eigenvalue weighted by Crippen LogP contribution is 2.13. The van der Waals surface area contributed by atoms with Gasteiger partial charge in [0.2, 0.25) is 0 Å². The minimum atomic E-state index is -0.356. The molecule has 17 heavy (non-hydrogen) atoms. The maximum Gasteiger partial charge on any atom is 0.322 e.